The number of hydrogen-bond acceptors (Lipinski definition) is 3. The molecule has 0 bridgehead atoms. The molecule has 0 spiro atoms. The molecular formula is C12H19N3. The first-order chi connectivity index (χ1) is 7.40. The highest BCUT2D eigenvalue weighted by molar-refractivity contribution is 5.43. The minimum atomic E-state index is 0.618. The summed E-state index contributed by atoms with van der Waals surface area (Å²) in [5.74, 6) is 0. The summed E-state index contributed by atoms with van der Waals surface area (Å²) in [7, 11) is 0. The van der Waals surface area contributed by atoms with Gasteiger partial charge < -0.3 is 10.2 Å². The van der Waals surface area contributed by atoms with Crippen LogP contribution in [0.25, 0.3) is 0 Å². The molecule has 1 aromatic heterocycles. The molecule has 2 heterocycles. The second-order valence-corrected chi connectivity index (χ2v) is 4.07. The Labute approximate surface area is 91.5 Å². The second-order valence-electron chi connectivity index (χ2n) is 4.07. The monoisotopic (exact) mass is 205 g/mol. The SMILES string of the molecule is CCC1CN(c2cccnc2)CCCN1. The molecule has 0 radical (unpaired) electrons. The van der Waals surface area contributed by atoms with Crippen LogP contribution in [0.5, 0.6) is 0 Å². The van der Waals surface area contributed by atoms with Gasteiger partial charge in [-0.05, 0) is 31.5 Å². The number of hydrogen-bond donors (Lipinski definition) is 1. The Morgan fingerprint density at radius 2 is 2.53 bits per heavy atom. The summed E-state index contributed by atoms with van der Waals surface area (Å²) >= 11 is 0. The maximum Gasteiger partial charge on any atom is 0.0553 e. The Hall–Kier alpha value is -1.09. The highest BCUT2D eigenvalue weighted by Crippen LogP contribution is 2.14. The van der Waals surface area contributed by atoms with Gasteiger partial charge >= 0.3 is 0 Å². The molecule has 82 valence electrons. The third kappa shape index (κ3) is 2.69. The van der Waals surface area contributed by atoms with Crippen LogP contribution >= 0.6 is 0 Å². The van der Waals surface area contributed by atoms with Gasteiger partial charge in [-0.25, -0.2) is 0 Å². The van der Waals surface area contributed by atoms with Gasteiger partial charge in [0.05, 0.1) is 11.9 Å². The van der Waals surface area contributed by atoms with E-state index in [1.54, 1.807) is 0 Å². The first-order valence-electron chi connectivity index (χ1n) is 5.78. The molecule has 1 fully saturated rings. The summed E-state index contributed by atoms with van der Waals surface area (Å²) in [6.07, 6.45) is 6.19. The Morgan fingerprint density at radius 3 is 3.27 bits per heavy atom. The van der Waals surface area contributed by atoms with Crippen LogP contribution in [0.1, 0.15) is 19.8 Å². The van der Waals surface area contributed by atoms with Crippen LogP contribution in [0, 0.1) is 0 Å². The predicted molar refractivity (Wildman–Crippen MR) is 63.1 cm³/mol. The lowest BCUT2D eigenvalue weighted by molar-refractivity contribution is 0.528. The lowest BCUT2D eigenvalue weighted by Crippen LogP contribution is -2.37. The summed E-state index contributed by atoms with van der Waals surface area (Å²) in [6, 6.07) is 4.77. The van der Waals surface area contributed by atoms with E-state index in [0.717, 1.165) is 19.6 Å². The fourth-order valence-electron chi connectivity index (χ4n) is 2.05. The fraction of sp³-hybridized carbons (Fsp3) is 0.583. The van der Waals surface area contributed by atoms with Gasteiger partial charge in [0.1, 0.15) is 0 Å². The molecular weight excluding hydrogens is 186 g/mol. The first kappa shape index (κ1) is 10.4. The standard InChI is InChI=1S/C12H19N3/c1-2-11-10-15(8-4-7-14-11)12-5-3-6-13-9-12/h3,5-6,9,11,14H,2,4,7-8,10H2,1H3. The Balaban J connectivity index is 2.07. The minimum absolute atomic E-state index is 0.618. The summed E-state index contributed by atoms with van der Waals surface area (Å²) in [5, 5.41) is 3.57. The second kappa shape index (κ2) is 5.12. The highest BCUT2D eigenvalue weighted by atomic mass is 15.2. The van der Waals surface area contributed by atoms with Crippen molar-refractivity contribution in [3.05, 3.63) is 24.5 Å². The van der Waals surface area contributed by atoms with Crippen LogP contribution in [0.3, 0.4) is 0 Å². The minimum Gasteiger partial charge on any atom is -0.369 e. The molecule has 3 nitrogen and oxygen atoms in total. The van der Waals surface area contributed by atoms with Gasteiger partial charge in [-0.15, -0.1) is 0 Å². The van der Waals surface area contributed by atoms with Crippen molar-refractivity contribution >= 4 is 5.69 Å². The summed E-state index contributed by atoms with van der Waals surface area (Å²) < 4.78 is 0. The van der Waals surface area contributed by atoms with Crippen LogP contribution < -0.4 is 10.2 Å². The first-order valence-corrected chi connectivity index (χ1v) is 5.78. The molecule has 2 rings (SSSR count). The average molecular weight is 205 g/mol. The number of aromatic nitrogens is 1. The molecule has 0 amide bonds. The molecule has 15 heavy (non-hydrogen) atoms. The molecule has 1 unspecified atom stereocenters. The third-order valence-corrected chi connectivity index (χ3v) is 2.98. The van der Waals surface area contributed by atoms with Gasteiger partial charge in [-0.2, -0.15) is 0 Å². The molecule has 1 saturated heterocycles. The van der Waals surface area contributed by atoms with Gasteiger partial charge in [0, 0.05) is 25.3 Å². The molecule has 1 aliphatic rings. The maximum absolute atomic E-state index is 4.18. The molecule has 1 aliphatic heterocycles. The fourth-order valence-corrected chi connectivity index (χ4v) is 2.05. The predicted octanol–water partition coefficient (Wildman–Crippen LogP) is 1.66. The molecule has 0 aliphatic carbocycles. The van der Waals surface area contributed by atoms with Crippen LogP contribution in [-0.2, 0) is 0 Å². The van der Waals surface area contributed by atoms with E-state index in [0.29, 0.717) is 6.04 Å². The summed E-state index contributed by atoms with van der Waals surface area (Å²) in [4.78, 5) is 6.61. The number of nitrogens with zero attached hydrogens (tertiary/aromatic N) is 2. The van der Waals surface area contributed by atoms with Crippen molar-refractivity contribution in [2.24, 2.45) is 0 Å². The van der Waals surface area contributed by atoms with Gasteiger partial charge in [0.25, 0.3) is 0 Å². The quantitative estimate of drug-likeness (QED) is 0.796. The van der Waals surface area contributed by atoms with Crippen molar-refractivity contribution in [3.63, 3.8) is 0 Å². The van der Waals surface area contributed by atoms with E-state index >= 15 is 0 Å². The highest BCUT2D eigenvalue weighted by Gasteiger charge is 2.16. The number of pyridine rings is 1. The van der Waals surface area contributed by atoms with E-state index in [1.165, 1.54) is 18.5 Å². The zero-order chi connectivity index (χ0) is 10.5. The zero-order valence-corrected chi connectivity index (χ0v) is 9.32. The van der Waals surface area contributed by atoms with Crippen molar-refractivity contribution in [2.75, 3.05) is 24.5 Å². The van der Waals surface area contributed by atoms with Gasteiger partial charge in [-0.3, -0.25) is 4.98 Å². The topological polar surface area (TPSA) is 28.2 Å². The van der Waals surface area contributed by atoms with E-state index in [9.17, 15) is 0 Å². The molecule has 0 aromatic carbocycles. The van der Waals surface area contributed by atoms with Gasteiger partial charge in [-0.1, -0.05) is 6.92 Å². The van der Waals surface area contributed by atoms with Crippen molar-refractivity contribution < 1.29 is 0 Å². The van der Waals surface area contributed by atoms with Crippen LogP contribution in [-0.4, -0.2) is 30.7 Å². The van der Waals surface area contributed by atoms with Crippen molar-refractivity contribution in [1.82, 2.24) is 10.3 Å². The van der Waals surface area contributed by atoms with E-state index in [4.69, 9.17) is 0 Å². The zero-order valence-electron chi connectivity index (χ0n) is 9.32. The average Bonchev–Trinajstić information content (AvgIpc) is 2.55. The maximum atomic E-state index is 4.18. The van der Waals surface area contributed by atoms with Crippen molar-refractivity contribution in [3.8, 4) is 0 Å². The van der Waals surface area contributed by atoms with E-state index in [2.05, 4.69) is 28.2 Å². The normalized spacial score (nSPS) is 22.5. The Morgan fingerprint density at radius 1 is 1.60 bits per heavy atom. The van der Waals surface area contributed by atoms with Gasteiger partial charge in [0.2, 0.25) is 0 Å². The smallest absolute Gasteiger partial charge is 0.0553 e. The molecule has 3 heteroatoms. The molecule has 0 saturated carbocycles. The van der Waals surface area contributed by atoms with E-state index in [-0.39, 0.29) is 0 Å². The van der Waals surface area contributed by atoms with Crippen molar-refractivity contribution in [2.45, 2.75) is 25.8 Å². The summed E-state index contributed by atoms with van der Waals surface area (Å²) in [5.41, 5.74) is 1.25. The third-order valence-electron chi connectivity index (χ3n) is 2.98. The molecule has 1 atom stereocenters. The lowest BCUT2D eigenvalue weighted by atomic mass is 10.2. The lowest BCUT2D eigenvalue weighted by Gasteiger charge is -2.25. The number of anilines is 1. The van der Waals surface area contributed by atoms with E-state index < -0.39 is 0 Å². The molecule has 1 N–H and O–H groups in total. The van der Waals surface area contributed by atoms with Crippen LogP contribution in [0.4, 0.5) is 5.69 Å². The Kier molecular flexibility index (Phi) is 3.56. The number of rotatable bonds is 2. The van der Waals surface area contributed by atoms with E-state index in [1.807, 2.05) is 18.5 Å². The molecule has 1 aromatic rings. The van der Waals surface area contributed by atoms with Crippen LogP contribution in [0.2, 0.25) is 0 Å². The number of nitrogens with one attached hydrogen (secondary N) is 1. The largest absolute Gasteiger partial charge is 0.369 e. The van der Waals surface area contributed by atoms with Crippen molar-refractivity contribution in [1.29, 1.82) is 0 Å². The Bertz CT molecular complexity index is 286. The summed E-state index contributed by atoms with van der Waals surface area (Å²) in [6.45, 7) is 5.61. The van der Waals surface area contributed by atoms with Crippen LogP contribution in [0.15, 0.2) is 24.5 Å². The van der Waals surface area contributed by atoms with Gasteiger partial charge in [0.15, 0.2) is 0 Å².